The van der Waals surface area contributed by atoms with E-state index in [1.165, 1.54) is 167 Å². The molecule has 6 nitrogen and oxygen atoms in total. The Balaban J connectivity index is 4.01. The van der Waals surface area contributed by atoms with Gasteiger partial charge in [-0.25, -0.2) is 0 Å². The van der Waals surface area contributed by atoms with E-state index < -0.39 is 6.10 Å². The molecular weight excluding hydrogens is 685 g/mol. The molecule has 1 atom stereocenters. The van der Waals surface area contributed by atoms with Crippen molar-refractivity contribution in [1.29, 1.82) is 0 Å². The second-order valence-corrected chi connectivity index (χ2v) is 16.4. The minimum atomic E-state index is -0.759. The van der Waals surface area contributed by atoms with Gasteiger partial charge in [-0.15, -0.1) is 0 Å². The third kappa shape index (κ3) is 43.1. The van der Waals surface area contributed by atoms with Gasteiger partial charge in [0.25, 0.3) is 0 Å². The minimum absolute atomic E-state index is 0.0671. The monoisotopic (exact) mass is 777 g/mol. The fraction of sp³-hybridized carbons (Fsp3) is 0.898. The number of carbonyl (C=O) groups is 3. The molecule has 0 amide bonds. The van der Waals surface area contributed by atoms with Gasteiger partial charge < -0.3 is 14.2 Å². The standard InChI is InChI=1S/C49H92O6/c1-4-7-10-13-16-17-18-19-20-21-22-23-24-25-26-27-28-29-30-31-34-36-39-42-48(51)54-45-46(55-49(52)43-40-37-33-15-12-9-6-3)44-53-47(50)41-38-35-32-14-11-8-5-2/h21-22,46H,4-20,23-45H2,1-3H3/b22-21-. The van der Waals surface area contributed by atoms with Gasteiger partial charge in [-0.1, -0.05) is 213 Å². The maximum atomic E-state index is 12.6. The number of rotatable bonds is 44. The lowest BCUT2D eigenvalue weighted by atomic mass is 10.0. The zero-order chi connectivity index (χ0) is 40.1. The van der Waals surface area contributed by atoms with Crippen LogP contribution in [0.1, 0.15) is 265 Å². The van der Waals surface area contributed by atoms with Crippen LogP contribution in [0.4, 0.5) is 0 Å². The van der Waals surface area contributed by atoms with Crippen LogP contribution in [-0.2, 0) is 28.6 Å². The molecule has 0 rings (SSSR count). The number of hydrogen-bond acceptors (Lipinski definition) is 6. The first kappa shape index (κ1) is 53.1. The molecular formula is C49H92O6. The van der Waals surface area contributed by atoms with E-state index in [4.69, 9.17) is 14.2 Å². The van der Waals surface area contributed by atoms with Crippen molar-refractivity contribution in [1.82, 2.24) is 0 Å². The Morgan fingerprint density at radius 2 is 0.600 bits per heavy atom. The topological polar surface area (TPSA) is 78.9 Å². The summed E-state index contributed by atoms with van der Waals surface area (Å²) < 4.78 is 16.6. The van der Waals surface area contributed by atoms with Crippen molar-refractivity contribution in [3.05, 3.63) is 12.2 Å². The van der Waals surface area contributed by atoms with E-state index in [9.17, 15) is 14.4 Å². The van der Waals surface area contributed by atoms with Crippen LogP contribution >= 0.6 is 0 Å². The van der Waals surface area contributed by atoms with Crippen molar-refractivity contribution in [3.63, 3.8) is 0 Å². The molecule has 0 aromatic carbocycles. The highest BCUT2D eigenvalue weighted by molar-refractivity contribution is 5.71. The third-order valence-corrected chi connectivity index (χ3v) is 10.8. The molecule has 0 aliphatic rings. The van der Waals surface area contributed by atoms with E-state index in [0.29, 0.717) is 19.3 Å². The van der Waals surface area contributed by atoms with E-state index in [2.05, 4.69) is 32.9 Å². The molecule has 55 heavy (non-hydrogen) atoms. The number of unbranched alkanes of at least 4 members (excludes halogenated alkanes) is 31. The average molecular weight is 777 g/mol. The number of carbonyl (C=O) groups excluding carboxylic acids is 3. The molecule has 0 aliphatic heterocycles. The van der Waals surface area contributed by atoms with Crippen LogP contribution in [0.3, 0.4) is 0 Å². The van der Waals surface area contributed by atoms with Crippen LogP contribution in [0.25, 0.3) is 0 Å². The summed E-state index contributed by atoms with van der Waals surface area (Å²) in [5.41, 5.74) is 0. The second-order valence-electron chi connectivity index (χ2n) is 16.4. The molecule has 0 aliphatic carbocycles. The summed E-state index contributed by atoms with van der Waals surface area (Å²) in [6, 6.07) is 0. The van der Waals surface area contributed by atoms with Gasteiger partial charge in [-0.05, 0) is 44.9 Å². The van der Waals surface area contributed by atoms with E-state index >= 15 is 0 Å². The zero-order valence-corrected chi connectivity index (χ0v) is 37.0. The summed E-state index contributed by atoms with van der Waals surface area (Å²) in [5.74, 6) is -0.873. The molecule has 324 valence electrons. The van der Waals surface area contributed by atoms with Crippen molar-refractivity contribution < 1.29 is 28.6 Å². The van der Waals surface area contributed by atoms with Crippen LogP contribution in [0.15, 0.2) is 12.2 Å². The summed E-state index contributed by atoms with van der Waals surface area (Å²) >= 11 is 0. The van der Waals surface area contributed by atoms with Crippen LogP contribution in [-0.4, -0.2) is 37.2 Å². The first-order valence-electron chi connectivity index (χ1n) is 24.2. The lowest BCUT2D eigenvalue weighted by Crippen LogP contribution is -2.30. The number of allylic oxidation sites excluding steroid dienone is 2. The SMILES string of the molecule is CCCCCCCCCC/C=C\CCCCCCCCCCCCCC(=O)OCC(COC(=O)CCCCCCCCC)OC(=O)CCCCCCCCC. The van der Waals surface area contributed by atoms with Gasteiger partial charge in [0, 0.05) is 19.3 Å². The summed E-state index contributed by atoms with van der Waals surface area (Å²) in [6.45, 7) is 6.57. The van der Waals surface area contributed by atoms with Crippen LogP contribution in [0.2, 0.25) is 0 Å². The molecule has 0 radical (unpaired) electrons. The van der Waals surface area contributed by atoms with Crippen LogP contribution in [0, 0.1) is 0 Å². The van der Waals surface area contributed by atoms with Gasteiger partial charge in [0.1, 0.15) is 13.2 Å². The Labute approximate surface area is 341 Å². The lowest BCUT2D eigenvalue weighted by Gasteiger charge is -2.18. The van der Waals surface area contributed by atoms with Crippen molar-refractivity contribution in [2.24, 2.45) is 0 Å². The quantitative estimate of drug-likeness (QED) is 0.0265. The highest BCUT2D eigenvalue weighted by Crippen LogP contribution is 2.15. The first-order chi connectivity index (χ1) is 27.0. The Hall–Kier alpha value is -1.85. The molecule has 0 N–H and O–H groups in total. The van der Waals surface area contributed by atoms with E-state index in [-0.39, 0.29) is 31.1 Å². The fourth-order valence-corrected chi connectivity index (χ4v) is 7.08. The van der Waals surface area contributed by atoms with Crippen LogP contribution < -0.4 is 0 Å². The predicted molar refractivity (Wildman–Crippen MR) is 233 cm³/mol. The Morgan fingerprint density at radius 3 is 0.909 bits per heavy atom. The molecule has 0 saturated heterocycles. The lowest BCUT2D eigenvalue weighted by molar-refractivity contribution is -0.167. The Kier molecular flexibility index (Phi) is 43.4. The second kappa shape index (κ2) is 44.9. The largest absolute Gasteiger partial charge is 0.462 e. The fourth-order valence-electron chi connectivity index (χ4n) is 7.08. The smallest absolute Gasteiger partial charge is 0.306 e. The molecule has 0 spiro atoms. The maximum absolute atomic E-state index is 12.6. The van der Waals surface area contributed by atoms with Gasteiger partial charge in [0.05, 0.1) is 0 Å². The summed E-state index contributed by atoms with van der Waals surface area (Å²) in [7, 11) is 0. The zero-order valence-electron chi connectivity index (χ0n) is 37.0. The number of hydrogen-bond donors (Lipinski definition) is 0. The average Bonchev–Trinajstić information content (AvgIpc) is 3.18. The number of ether oxygens (including phenoxy) is 3. The third-order valence-electron chi connectivity index (χ3n) is 10.8. The number of esters is 3. The molecule has 0 aromatic rings. The normalized spacial score (nSPS) is 12.0. The minimum Gasteiger partial charge on any atom is -0.462 e. The molecule has 6 heteroatoms. The molecule has 0 fully saturated rings. The van der Waals surface area contributed by atoms with Gasteiger partial charge in [-0.2, -0.15) is 0 Å². The highest BCUT2D eigenvalue weighted by Gasteiger charge is 2.19. The summed E-state index contributed by atoms with van der Waals surface area (Å²) in [5, 5.41) is 0. The predicted octanol–water partition coefficient (Wildman–Crippen LogP) is 15.4. The Bertz CT molecular complexity index is 854. The molecule has 0 aromatic heterocycles. The van der Waals surface area contributed by atoms with Gasteiger partial charge >= 0.3 is 17.9 Å². The molecule has 0 bridgehead atoms. The van der Waals surface area contributed by atoms with Crippen molar-refractivity contribution in [3.8, 4) is 0 Å². The summed E-state index contributed by atoms with van der Waals surface area (Å²) in [4.78, 5) is 37.5. The van der Waals surface area contributed by atoms with Gasteiger partial charge in [0.15, 0.2) is 6.10 Å². The van der Waals surface area contributed by atoms with Gasteiger partial charge in [0.2, 0.25) is 0 Å². The van der Waals surface area contributed by atoms with Crippen LogP contribution in [0.5, 0.6) is 0 Å². The molecule has 0 heterocycles. The molecule has 1 unspecified atom stereocenters. The first-order valence-corrected chi connectivity index (χ1v) is 24.2. The van der Waals surface area contributed by atoms with Crippen molar-refractivity contribution in [2.75, 3.05) is 13.2 Å². The Morgan fingerprint density at radius 1 is 0.345 bits per heavy atom. The van der Waals surface area contributed by atoms with E-state index in [1.54, 1.807) is 0 Å². The maximum Gasteiger partial charge on any atom is 0.306 e. The highest BCUT2D eigenvalue weighted by atomic mass is 16.6. The summed E-state index contributed by atoms with van der Waals surface area (Å²) in [6.07, 6.45) is 48.1. The molecule has 0 saturated carbocycles. The van der Waals surface area contributed by atoms with Gasteiger partial charge in [-0.3, -0.25) is 14.4 Å². The van der Waals surface area contributed by atoms with E-state index in [1.807, 2.05) is 0 Å². The van der Waals surface area contributed by atoms with Crippen molar-refractivity contribution in [2.45, 2.75) is 271 Å². The van der Waals surface area contributed by atoms with E-state index in [0.717, 1.165) is 57.8 Å². The van der Waals surface area contributed by atoms with Crippen molar-refractivity contribution >= 4 is 17.9 Å².